The number of nitrogens with one attached hydrogen (secondary N) is 2. The van der Waals surface area contributed by atoms with Gasteiger partial charge in [0.05, 0.1) is 36.4 Å². The van der Waals surface area contributed by atoms with Gasteiger partial charge in [0.15, 0.2) is 6.29 Å². The normalized spacial score (nSPS) is 29.0. The summed E-state index contributed by atoms with van der Waals surface area (Å²) < 4.78 is 11.6. The van der Waals surface area contributed by atoms with E-state index in [4.69, 9.17) is 14.7 Å². The molecular formula is C19H27N5O4. The molecule has 152 valence electrons. The topological polar surface area (TPSA) is 110 Å². The molecule has 0 aromatic heterocycles. The molecule has 3 N–H and O–H groups in total. The fourth-order valence-electron chi connectivity index (χ4n) is 3.54. The second kappa shape index (κ2) is 8.86. The molecule has 2 heterocycles. The van der Waals surface area contributed by atoms with Crippen molar-refractivity contribution in [2.45, 2.75) is 30.6 Å². The van der Waals surface area contributed by atoms with Crippen molar-refractivity contribution in [2.24, 2.45) is 0 Å². The van der Waals surface area contributed by atoms with Crippen molar-refractivity contribution < 1.29 is 19.4 Å². The number of hydrogen-bond acceptors (Lipinski definition) is 7. The molecule has 0 radical (unpaired) electrons. The van der Waals surface area contributed by atoms with E-state index in [1.54, 1.807) is 24.3 Å². The number of ether oxygens (including phenoxy) is 2. The van der Waals surface area contributed by atoms with Crippen molar-refractivity contribution in [2.75, 3.05) is 46.2 Å². The summed E-state index contributed by atoms with van der Waals surface area (Å²) in [7, 11) is 5.88. The number of likely N-dealkylation sites (N-methyl/N-ethyl adjacent to an activating group) is 2. The highest BCUT2D eigenvalue weighted by atomic mass is 16.7. The Morgan fingerprint density at radius 1 is 1.36 bits per heavy atom. The van der Waals surface area contributed by atoms with Crippen LogP contribution in [0.25, 0.3) is 0 Å². The molecule has 1 aromatic carbocycles. The van der Waals surface area contributed by atoms with Gasteiger partial charge in [0.25, 0.3) is 0 Å². The maximum Gasteiger partial charge on any atom is 0.319 e. The summed E-state index contributed by atoms with van der Waals surface area (Å²) in [6.07, 6.45) is -1.76. The summed E-state index contributed by atoms with van der Waals surface area (Å²) in [5.74, 6) is 0. The number of aliphatic hydroxyl groups excluding tert-OH is 1. The highest BCUT2D eigenvalue weighted by Gasteiger charge is 2.51. The van der Waals surface area contributed by atoms with E-state index in [1.807, 2.05) is 32.1 Å². The number of anilines is 1. The largest absolute Gasteiger partial charge is 0.389 e. The molecule has 2 amide bonds. The average Bonchev–Trinajstić information content (AvgIpc) is 3.09. The van der Waals surface area contributed by atoms with Crippen LogP contribution in [0.1, 0.15) is 5.56 Å². The van der Waals surface area contributed by atoms with Gasteiger partial charge in [-0.2, -0.15) is 5.26 Å². The van der Waals surface area contributed by atoms with Crippen LogP contribution in [-0.4, -0.2) is 92.4 Å². The van der Waals surface area contributed by atoms with E-state index in [9.17, 15) is 9.90 Å². The van der Waals surface area contributed by atoms with E-state index >= 15 is 0 Å². The monoisotopic (exact) mass is 389 g/mol. The third-order valence-corrected chi connectivity index (χ3v) is 5.09. The van der Waals surface area contributed by atoms with Gasteiger partial charge in [-0.05, 0) is 39.3 Å². The second-order valence-electron chi connectivity index (χ2n) is 7.46. The summed E-state index contributed by atoms with van der Waals surface area (Å²) in [5, 5.41) is 25.4. The second-order valence-corrected chi connectivity index (χ2v) is 7.46. The minimum atomic E-state index is -0.838. The Kier molecular flexibility index (Phi) is 6.49. The third-order valence-electron chi connectivity index (χ3n) is 5.09. The SMILES string of the molecule is CN(C)CCN(C)C1C2OCC(O2)C(NC(=O)Nc2cccc(C#N)c2)C1O. The maximum atomic E-state index is 12.5. The number of aliphatic hydroxyl groups is 1. The van der Waals surface area contributed by atoms with E-state index in [0.29, 0.717) is 17.9 Å². The minimum absolute atomic E-state index is 0.314. The first-order valence-corrected chi connectivity index (χ1v) is 9.27. The smallest absolute Gasteiger partial charge is 0.319 e. The van der Waals surface area contributed by atoms with Gasteiger partial charge >= 0.3 is 6.03 Å². The lowest BCUT2D eigenvalue weighted by molar-refractivity contribution is -0.177. The number of carbonyl (C=O) groups is 1. The molecule has 2 bridgehead atoms. The Morgan fingerprint density at radius 2 is 2.14 bits per heavy atom. The fraction of sp³-hybridized carbons (Fsp3) is 0.579. The lowest BCUT2D eigenvalue weighted by Crippen LogP contribution is -2.65. The lowest BCUT2D eigenvalue weighted by atomic mass is 9.95. The van der Waals surface area contributed by atoms with Crippen LogP contribution in [0.5, 0.6) is 0 Å². The van der Waals surface area contributed by atoms with Crippen LogP contribution in [0.4, 0.5) is 10.5 Å². The van der Waals surface area contributed by atoms with Crippen molar-refractivity contribution in [3.63, 3.8) is 0 Å². The van der Waals surface area contributed by atoms with Crippen molar-refractivity contribution in [1.82, 2.24) is 15.1 Å². The van der Waals surface area contributed by atoms with E-state index in [1.165, 1.54) is 0 Å². The predicted molar refractivity (Wildman–Crippen MR) is 103 cm³/mol. The Morgan fingerprint density at radius 3 is 2.86 bits per heavy atom. The number of benzene rings is 1. The Balaban J connectivity index is 1.65. The van der Waals surface area contributed by atoms with Crippen molar-refractivity contribution >= 4 is 11.7 Å². The van der Waals surface area contributed by atoms with Crippen LogP contribution in [0, 0.1) is 11.3 Å². The quantitative estimate of drug-likeness (QED) is 0.629. The molecule has 2 saturated heterocycles. The van der Waals surface area contributed by atoms with Gasteiger partial charge in [-0.15, -0.1) is 0 Å². The third kappa shape index (κ3) is 4.60. The van der Waals surface area contributed by atoms with Gasteiger partial charge in [0, 0.05) is 18.8 Å². The fourth-order valence-corrected chi connectivity index (χ4v) is 3.54. The molecule has 2 aliphatic rings. The Bertz CT molecular complexity index is 737. The molecule has 0 spiro atoms. The number of rotatable bonds is 6. The summed E-state index contributed by atoms with van der Waals surface area (Å²) >= 11 is 0. The zero-order valence-electron chi connectivity index (χ0n) is 16.3. The Hall–Kier alpha value is -2.22. The standard InChI is InChI=1S/C19H27N5O4/c1-23(2)7-8-24(3)16-17(25)15(14-11-27-18(16)28-14)22-19(26)21-13-6-4-5-12(9-13)10-20/h4-6,9,14-18,25H,7-8,11H2,1-3H3,(H2,21,22,26). The first kappa shape index (κ1) is 20.5. The molecule has 5 atom stereocenters. The van der Waals surface area contributed by atoms with Crippen molar-refractivity contribution in [3.8, 4) is 6.07 Å². The minimum Gasteiger partial charge on any atom is -0.389 e. The zero-order valence-corrected chi connectivity index (χ0v) is 16.3. The highest BCUT2D eigenvalue weighted by molar-refractivity contribution is 5.89. The van der Waals surface area contributed by atoms with Gasteiger partial charge < -0.3 is 30.1 Å². The number of fused-ring (bicyclic) bond motifs is 2. The number of carbonyl (C=O) groups excluding carboxylic acids is 1. The van der Waals surface area contributed by atoms with Crippen LogP contribution < -0.4 is 10.6 Å². The molecule has 5 unspecified atom stereocenters. The van der Waals surface area contributed by atoms with Gasteiger partial charge in [-0.1, -0.05) is 6.07 Å². The van der Waals surface area contributed by atoms with E-state index in [-0.39, 0.29) is 6.04 Å². The first-order valence-electron chi connectivity index (χ1n) is 9.27. The number of amides is 2. The van der Waals surface area contributed by atoms with Crippen molar-refractivity contribution in [3.05, 3.63) is 29.8 Å². The molecular weight excluding hydrogens is 362 g/mol. The van der Waals surface area contributed by atoms with Crippen LogP contribution in [0.15, 0.2) is 24.3 Å². The molecule has 0 aliphatic carbocycles. The van der Waals surface area contributed by atoms with Gasteiger partial charge in [-0.25, -0.2) is 4.79 Å². The number of nitrogens with zero attached hydrogens (tertiary/aromatic N) is 3. The molecule has 28 heavy (non-hydrogen) atoms. The molecule has 9 nitrogen and oxygen atoms in total. The predicted octanol–water partition coefficient (Wildman–Crippen LogP) is 0.0264. The average molecular weight is 389 g/mol. The summed E-state index contributed by atoms with van der Waals surface area (Å²) in [4.78, 5) is 16.5. The molecule has 2 aliphatic heterocycles. The van der Waals surface area contributed by atoms with E-state index in [0.717, 1.165) is 13.1 Å². The van der Waals surface area contributed by atoms with Crippen molar-refractivity contribution in [1.29, 1.82) is 5.26 Å². The van der Waals surface area contributed by atoms with Crippen LogP contribution in [0.3, 0.4) is 0 Å². The van der Waals surface area contributed by atoms with Crippen LogP contribution in [-0.2, 0) is 9.47 Å². The zero-order chi connectivity index (χ0) is 20.3. The Labute approximate surface area is 164 Å². The number of hydrogen-bond donors (Lipinski definition) is 3. The maximum absolute atomic E-state index is 12.5. The molecule has 1 aromatic rings. The summed E-state index contributed by atoms with van der Waals surface area (Å²) in [6, 6.07) is 7.20. The first-order chi connectivity index (χ1) is 13.4. The van der Waals surface area contributed by atoms with Gasteiger partial charge in [-0.3, -0.25) is 4.90 Å². The number of urea groups is 1. The van der Waals surface area contributed by atoms with E-state index in [2.05, 4.69) is 15.5 Å². The summed E-state index contributed by atoms with van der Waals surface area (Å²) in [5.41, 5.74) is 0.955. The molecule has 3 rings (SSSR count). The highest BCUT2D eigenvalue weighted by Crippen LogP contribution is 2.31. The van der Waals surface area contributed by atoms with Gasteiger partial charge in [0.2, 0.25) is 0 Å². The summed E-state index contributed by atoms with van der Waals surface area (Å²) in [6.45, 7) is 1.86. The number of nitriles is 1. The lowest BCUT2D eigenvalue weighted by Gasteiger charge is -2.42. The van der Waals surface area contributed by atoms with Crippen LogP contribution in [0.2, 0.25) is 0 Å². The molecule has 0 saturated carbocycles. The van der Waals surface area contributed by atoms with Gasteiger partial charge in [0.1, 0.15) is 6.10 Å². The molecule has 9 heteroatoms. The van der Waals surface area contributed by atoms with Crippen LogP contribution >= 0.6 is 0 Å². The van der Waals surface area contributed by atoms with E-state index < -0.39 is 30.6 Å². The molecule has 2 fully saturated rings.